The maximum Gasteiger partial charge on any atom is 0.253 e. The number of benzene rings is 1. The molecule has 1 unspecified atom stereocenters. The molecule has 1 aliphatic heterocycles. The highest BCUT2D eigenvalue weighted by Gasteiger charge is 2.23. The van der Waals surface area contributed by atoms with Crippen LogP contribution in [-0.2, 0) is 0 Å². The molecule has 2 rings (SSSR count). The molecule has 0 saturated carbocycles. The fourth-order valence-electron chi connectivity index (χ4n) is 3.09. The Morgan fingerprint density at radius 1 is 1.29 bits per heavy atom. The van der Waals surface area contributed by atoms with Gasteiger partial charge in [0.05, 0.1) is 0 Å². The summed E-state index contributed by atoms with van der Waals surface area (Å²) < 4.78 is 0. The molecule has 0 aromatic heterocycles. The average molecular weight is 376 g/mol. The van der Waals surface area contributed by atoms with Crippen molar-refractivity contribution >= 4 is 36.4 Å². The third kappa shape index (κ3) is 6.15. The topological polar surface area (TPSA) is 35.6 Å². The average Bonchev–Trinajstić information content (AvgIpc) is 2.53. The number of hydrogen-bond donors (Lipinski definition) is 1. The third-order valence-corrected chi connectivity index (χ3v) is 4.31. The Balaban J connectivity index is 0.00000264. The lowest BCUT2D eigenvalue weighted by molar-refractivity contribution is 0.0698. The summed E-state index contributed by atoms with van der Waals surface area (Å²) in [6.07, 6.45) is 2.23. The van der Waals surface area contributed by atoms with Crippen LogP contribution in [-0.4, -0.2) is 50.6 Å². The van der Waals surface area contributed by atoms with Gasteiger partial charge in [0.1, 0.15) is 0 Å². The highest BCUT2D eigenvalue weighted by molar-refractivity contribution is 5.94. The number of halogens is 2. The number of likely N-dealkylation sites (N-methyl/N-ethyl adjacent to an activating group) is 1. The summed E-state index contributed by atoms with van der Waals surface area (Å²) in [5, 5.41) is 3.28. The number of likely N-dealkylation sites (tertiary alicyclic amines) is 1. The Morgan fingerprint density at radius 3 is 2.46 bits per heavy atom. The first-order valence-electron chi connectivity index (χ1n) is 8.29. The highest BCUT2D eigenvalue weighted by atomic mass is 35.5. The molecule has 1 aliphatic rings. The van der Waals surface area contributed by atoms with Gasteiger partial charge < -0.3 is 15.1 Å². The van der Waals surface area contributed by atoms with Gasteiger partial charge in [0.15, 0.2) is 0 Å². The molecule has 1 fully saturated rings. The minimum absolute atomic E-state index is 0. The van der Waals surface area contributed by atoms with Gasteiger partial charge in [-0.05, 0) is 50.1 Å². The first-order chi connectivity index (χ1) is 10.5. The Bertz CT molecular complexity index is 494. The van der Waals surface area contributed by atoms with Crippen molar-refractivity contribution < 1.29 is 4.79 Å². The summed E-state index contributed by atoms with van der Waals surface area (Å²) in [7, 11) is 4.07. The quantitative estimate of drug-likeness (QED) is 0.855. The van der Waals surface area contributed by atoms with Crippen molar-refractivity contribution in [1.29, 1.82) is 0 Å². The van der Waals surface area contributed by atoms with E-state index >= 15 is 0 Å². The summed E-state index contributed by atoms with van der Waals surface area (Å²) in [5.74, 6) is 0.774. The third-order valence-electron chi connectivity index (χ3n) is 4.31. The minimum atomic E-state index is 0. The number of carbonyl (C=O) groups excluding carboxylic acids is 1. The SMILES string of the molecule is CNC1CCCN(C(=O)c2ccc(N(C)CC(C)C)cc2)C1.Cl.Cl. The van der Waals surface area contributed by atoms with Gasteiger partial charge in [-0.1, -0.05) is 13.8 Å². The lowest BCUT2D eigenvalue weighted by Crippen LogP contribution is -2.46. The van der Waals surface area contributed by atoms with E-state index in [4.69, 9.17) is 0 Å². The van der Waals surface area contributed by atoms with Gasteiger partial charge in [-0.3, -0.25) is 4.79 Å². The predicted octanol–water partition coefficient (Wildman–Crippen LogP) is 3.45. The van der Waals surface area contributed by atoms with Gasteiger partial charge >= 0.3 is 0 Å². The monoisotopic (exact) mass is 375 g/mol. The molecule has 1 heterocycles. The number of nitrogens with one attached hydrogen (secondary N) is 1. The van der Waals surface area contributed by atoms with Crippen LogP contribution in [0.3, 0.4) is 0 Å². The molecular formula is C18H31Cl2N3O. The lowest BCUT2D eigenvalue weighted by Gasteiger charge is -2.32. The van der Waals surface area contributed by atoms with Gasteiger partial charge in [-0.15, -0.1) is 24.8 Å². The summed E-state index contributed by atoms with van der Waals surface area (Å²) in [6, 6.07) is 8.44. The minimum Gasteiger partial charge on any atom is -0.374 e. The molecule has 1 atom stereocenters. The Hall–Kier alpha value is -0.970. The number of piperidine rings is 1. The Morgan fingerprint density at radius 2 is 1.92 bits per heavy atom. The van der Waals surface area contributed by atoms with Crippen LogP contribution in [0.1, 0.15) is 37.0 Å². The number of rotatable bonds is 5. The second-order valence-electron chi connectivity index (χ2n) is 6.70. The van der Waals surface area contributed by atoms with Crippen LogP contribution in [0.15, 0.2) is 24.3 Å². The zero-order valence-electron chi connectivity index (χ0n) is 15.1. The second-order valence-corrected chi connectivity index (χ2v) is 6.70. The Kier molecular flexibility index (Phi) is 10.4. The largest absolute Gasteiger partial charge is 0.374 e. The standard InChI is InChI=1S/C18H29N3O.2ClH/c1-14(2)12-20(4)17-9-7-15(8-10-17)18(22)21-11-5-6-16(13-21)19-3;;/h7-10,14,16,19H,5-6,11-13H2,1-4H3;2*1H. The maximum atomic E-state index is 12.6. The molecule has 1 aromatic carbocycles. The van der Waals surface area contributed by atoms with Crippen molar-refractivity contribution in [2.45, 2.75) is 32.7 Å². The van der Waals surface area contributed by atoms with Crippen molar-refractivity contribution in [1.82, 2.24) is 10.2 Å². The zero-order valence-corrected chi connectivity index (χ0v) is 16.8. The summed E-state index contributed by atoms with van der Waals surface area (Å²) in [6.45, 7) is 7.12. The number of anilines is 1. The van der Waals surface area contributed by atoms with Crippen molar-refractivity contribution in [3.8, 4) is 0 Å². The van der Waals surface area contributed by atoms with E-state index in [-0.39, 0.29) is 30.7 Å². The van der Waals surface area contributed by atoms with Gasteiger partial charge in [0, 0.05) is 44.0 Å². The molecule has 0 radical (unpaired) electrons. The smallest absolute Gasteiger partial charge is 0.253 e. The molecule has 0 bridgehead atoms. The molecule has 0 aliphatic carbocycles. The van der Waals surface area contributed by atoms with Gasteiger partial charge in [-0.2, -0.15) is 0 Å². The Labute approximate surface area is 158 Å². The lowest BCUT2D eigenvalue weighted by atomic mass is 10.0. The molecule has 1 N–H and O–H groups in total. The van der Waals surface area contributed by atoms with Crippen LogP contribution in [0.5, 0.6) is 0 Å². The number of nitrogens with zero attached hydrogens (tertiary/aromatic N) is 2. The van der Waals surface area contributed by atoms with E-state index in [1.165, 1.54) is 0 Å². The van der Waals surface area contributed by atoms with E-state index in [1.54, 1.807) is 0 Å². The molecule has 1 amide bonds. The van der Waals surface area contributed by atoms with Crippen LogP contribution in [0.2, 0.25) is 0 Å². The van der Waals surface area contributed by atoms with Crippen molar-refractivity contribution in [2.75, 3.05) is 38.6 Å². The van der Waals surface area contributed by atoms with Gasteiger partial charge in [0.25, 0.3) is 5.91 Å². The van der Waals surface area contributed by atoms with E-state index in [9.17, 15) is 4.79 Å². The summed E-state index contributed by atoms with van der Waals surface area (Å²) in [4.78, 5) is 16.8. The number of carbonyl (C=O) groups is 1. The fourth-order valence-corrected chi connectivity index (χ4v) is 3.09. The highest BCUT2D eigenvalue weighted by Crippen LogP contribution is 2.18. The maximum absolute atomic E-state index is 12.6. The molecule has 4 nitrogen and oxygen atoms in total. The number of amides is 1. The molecular weight excluding hydrogens is 345 g/mol. The van der Waals surface area contributed by atoms with Crippen molar-refractivity contribution in [2.24, 2.45) is 5.92 Å². The van der Waals surface area contributed by atoms with Crippen LogP contribution in [0, 0.1) is 5.92 Å². The molecule has 24 heavy (non-hydrogen) atoms. The molecule has 1 aromatic rings. The fraction of sp³-hybridized carbons (Fsp3) is 0.611. The van der Waals surface area contributed by atoms with Crippen LogP contribution in [0.4, 0.5) is 5.69 Å². The first-order valence-corrected chi connectivity index (χ1v) is 8.29. The number of hydrogen-bond acceptors (Lipinski definition) is 3. The zero-order chi connectivity index (χ0) is 16.1. The van der Waals surface area contributed by atoms with E-state index < -0.39 is 0 Å². The van der Waals surface area contributed by atoms with E-state index in [0.29, 0.717) is 12.0 Å². The van der Waals surface area contributed by atoms with Crippen molar-refractivity contribution in [3.05, 3.63) is 29.8 Å². The summed E-state index contributed by atoms with van der Waals surface area (Å²) >= 11 is 0. The van der Waals surface area contributed by atoms with Crippen LogP contribution >= 0.6 is 24.8 Å². The summed E-state index contributed by atoms with van der Waals surface area (Å²) in [5.41, 5.74) is 1.95. The normalized spacial score (nSPS) is 17.0. The molecule has 0 spiro atoms. The van der Waals surface area contributed by atoms with Crippen LogP contribution in [0.25, 0.3) is 0 Å². The second kappa shape index (κ2) is 10.8. The van der Waals surface area contributed by atoms with E-state index in [2.05, 4.69) is 43.2 Å². The predicted molar refractivity (Wildman–Crippen MR) is 107 cm³/mol. The van der Waals surface area contributed by atoms with Gasteiger partial charge in [0.2, 0.25) is 0 Å². The van der Waals surface area contributed by atoms with Crippen LogP contribution < -0.4 is 10.2 Å². The van der Waals surface area contributed by atoms with E-state index in [1.807, 2.05) is 24.1 Å². The van der Waals surface area contributed by atoms with Crippen molar-refractivity contribution in [3.63, 3.8) is 0 Å². The molecule has 1 saturated heterocycles. The van der Waals surface area contributed by atoms with Gasteiger partial charge in [-0.25, -0.2) is 0 Å². The first kappa shape index (κ1) is 23.0. The molecule has 138 valence electrons. The van der Waals surface area contributed by atoms with E-state index in [0.717, 1.165) is 43.7 Å². The molecule has 6 heteroatoms.